The molecule has 5 nitrogen and oxygen atoms in total. The number of nitrogens with one attached hydrogen (secondary N) is 1. The minimum Gasteiger partial charge on any atom is -0.369 e. The van der Waals surface area contributed by atoms with Gasteiger partial charge in [-0.15, -0.1) is 0 Å². The lowest BCUT2D eigenvalue weighted by atomic mass is 9.97. The van der Waals surface area contributed by atoms with Gasteiger partial charge in [0.1, 0.15) is 4.99 Å². The van der Waals surface area contributed by atoms with Crippen molar-refractivity contribution in [3.05, 3.63) is 0 Å². The first kappa shape index (κ1) is 14.4. The van der Waals surface area contributed by atoms with Gasteiger partial charge in [-0.25, -0.2) is 4.99 Å². The van der Waals surface area contributed by atoms with Gasteiger partial charge >= 0.3 is 0 Å². The lowest BCUT2D eigenvalue weighted by Crippen LogP contribution is -2.53. The Hall–Kier alpha value is -1.01. The number of carbonyl (C=O) groups excluding carboxylic acids is 1. The summed E-state index contributed by atoms with van der Waals surface area (Å²) in [5.74, 6) is 0.840. The fourth-order valence-corrected chi connectivity index (χ4v) is 3.39. The average molecular weight is 282 g/mol. The molecule has 2 aliphatic rings. The molecule has 3 unspecified atom stereocenters. The third kappa shape index (κ3) is 2.95. The Labute approximate surface area is 119 Å². The van der Waals surface area contributed by atoms with Crippen LogP contribution in [0.4, 0.5) is 0 Å². The van der Waals surface area contributed by atoms with E-state index in [-0.39, 0.29) is 24.0 Å². The van der Waals surface area contributed by atoms with Crippen LogP contribution in [0.5, 0.6) is 0 Å². The Balaban J connectivity index is 2.32. The topological polar surface area (TPSA) is 70.7 Å². The number of carbonyl (C=O) groups is 1. The van der Waals surface area contributed by atoms with Crippen LogP contribution in [0.2, 0.25) is 0 Å². The Morgan fingerprint density at radius 3 is 2.79 bits per heavy atom. The van der Waals surface area contributed by atoms with Crippen molar-refractivity contribution < 1.29 is 4.79 Å². The largest absolute Gasteiger partial charge is 0.369 e. The number of hydrogen-bond acceptors (Lipinski definition) is 3. The molecule has 3 N–H and O–H groups in total. The summed E-state index contributed by atoms with van der Waals surface area (Å²) in [5, 5.41) is 3.09. The van der Waals surface area contributed by atoms with E-state index in [1.54, 1.807) is 11.8 Å². The number of fused-ring (bicyclic) bond motifs is 1. The lowest BCUT2D eigenvalue weighted by Gasteiger charge is -2.30. The highest BCUT2D eigenvalue weighted by Crippen LogP contribution is 2.36. The number of rotatable bonds is 1. The van der Waals surface area contributed by atoms with Crippen molar-refractivity contribution in [1.29, 1.82) is 0 Å². The van der Waals surface area contributed by atoms with Gasteiger partial charge in [0.25, 0.3) is 0 Å². The van der Waals surface area contributed by atoms with Crippen LogP contribution in [-0.2, 0) is 4.79 Å². The summed E-state index contributed by atoms with van der Waals surface area (Å²) in [4.78, 5) is 18.9. The zero-order chi connectivity index (χ0) is 14.0. The molecule has 0 aromatic carbocycles. The molecular weight excluding hydrogens is 260 g/mol. The van der Waals surface area contributed by atoms with E-state index in [2.05, 4.69) is 10.3 Å². The van der Waals surface area contributed by atoms with Crippen molar-refractivity contribution >= 4 is 29.1 Å². The SMILES string of the molecule is CNC1CCC2CCCC2N(C(N)=NC(C)=S)C1=O. The second-order valence-electron chi connectivity index (χ2n) is 5.37. The van der Waals surface area contributed by atoms with Gasteiger partial charge in [-0.3, -0.25) is 9.69 Å². The summed E-state index contributed by atoms with van der Waals surface area (Å²) in [6.45, 7) is 1.71. The quantitative estimate of drug-likeness (QED) is 0.428. The van der Waals surface area contributed by atoms with E-state index in [0.717, 1.165) is 25.7 Å². The molecule has 0 aromatic rings. The molecule has 106 valence electrons. The van der Waals surface area contributed by atoms with Crippen molar-refractivity contribution in [1.82, 2.24) is 10.2 Å². The first-order chi connectivity index (χ1) is 9.04. The van der Waals surface area contributed by atoms with E-state index in [4.69, 9.17) is 18.0 Å². The van der Waals surface area contributed by atoms with E-state index in [9.17, 15) is 4.79 Å². The van der Waals surface area contributed by atoms with Crippen LogP contribution in [0, 0.1) is 5.92 Å². The Bertz CT molecular complexity index is 409. The molecule has 1 saturated carbocycles. The maximum absolute atomic E-state index is 12.6. The first-order valence-corrected chi connectivity index (χ1v) is 7.30. The number of hydrogen-bond donors (Lipinski definition) is 2. The van der Waals surface area contributed by atoms with Gasteiger partial charge in [-0.2, -0.15) is 0 Å². The molecular formula is C13H22N4OS. The smallest absolute Gasteiger partial charge is 0.246 e. The van der Waals surface area contributed by atoms with Gasteiger partial charge in [0.2, 0.25) is 11.9 Å². The van der Waals surface area contributed by atoms with Gasteiger partial charge in [-0.05, 0) is 45.6 Å². The van der Waals surface area contributed by atoms with Crippen molar-refractivity contribution in [2.75, 3.05) is 7.05 Å². The highest BCUT2D eigenvalue weighted by molar-refractivity contribution is 7.80. The number of amides is 1. The minimum atomic E-state index is -0.162. The number of likely N-dealkylation sites (N-methyl/N-ethyl adjacent to an activating group) is 1. The molecule has 1 aliphatic heterocycles. The zero-order valence-corrected chi connectivity index (χ0v) is 12.4. The Kier molecular flexibility index (Phi) is 4.52. The van der Waals surface area contributed by atoms with Gasteiger partial charge in [0.05, 0.1) is 6.04 Å². The van der Waals surface area contributed by atoms with Crippen LogP contribution < -0.4 is 11.1 Å². The molecule has 0 bridgehead atoms. The van der Waals surface area contributed by atoms with E-state index in [0.29, 0.717) is 10.9 Å². The summed E-state index contributed by atoms with van der Waals surface area (Å²) < 4.78 is 0. The zero-order valence-electron chi connectivity index (χ0n) is 11.6. The van der Waals surface area contributed by atoms with Crippen molar-refractivity contribution in [3.63, 3.8) is 0 Å². The molecule has 1 heterocycles. The molecule has 3 atom stereocenters. The number of guanidine groups is 1. The normalized spacial score (nSPS) is 32.1. The molecule has 0 aromatic heterocycles. The monoisotopic (exact) mass is 282 g/mol. The second kappa shape index (κ2) is 5.96. The second-order valence-corrected chi connectivity index (χ2v) is 5.97. The van der Waals surface area contributed by atoms with Crippen molar-refractivity contribution in [2.24, 2.45) is 16.6 Å². The maximum atomic E-state index is 12.6. The predicted molar refractivity (Wildman–Crippen MR) is 80.0 cm³/mol. The number of aliphatic imine (C=N–C) groups is 1. The summed E-state index contributed by atoms with van der Waals surface area (Å²) in [7, 11) is 1.82. The highest BCUT2D eigenvalue weighted by Gasteiger charge is 2.41. The van der Waals surface area contributed by atoms with Crippen LogP contribution in [0.3, 0.4) is 0 Å². The van der Waals surface area contributed by atoms with Crippen molar-refractivity contribution in [3.8, 4) is 0 Å². The number of likely N-dealkylation sites (tertiary alicyclic amines) is 1. The van der Waals surface area contributed by atoms with E-state index >= 15 is 0 Å². The van der Waals surface area contributed by atoms with E-state index in [1.807, 2.05) is 7.05 Å². The standard InChI is InChI=1S/C13H22N4OS/c1-8(19)16-13(14)17-11-5-3-4-9(11)6-7-10(15-2)12(17)18/h9-11,15H,3-7H2,1-2H3,(H2,14,16,19). The summed E-state index contributed by atoms with van der Waals surface area (Å²) in [5.41, 5.74) is 6.02. The van der Waals surface area contributed by atoms with Gasteiger partial charge in [0.15, 0.2) is 0 Å². The average Bonchev–Trinajstić information content (AvgIpc) is 2.72. The predicted octanol–water partition coefficient (Wildman–Crippen LogP) is 1.03. The van der Waals surface area contributed by atoms with Crippen LogP contribution >= 0.6 is 12.2 Å². The fraction of sp³-hybridized carbons (Fsp3) is 0.769. The van der Waals surface area contributed by atoms with Gasteiger partial charge < -0.3 is 11.1 Å². The first-order valence-electron chi connectivity index (χ1n) is 6.89. The molecule has 0 spiro atoms. The van der Waals surface area contributed by atoms with E-state index < -0.39 is 0 Å². The van der Waals surface area contributed by atoms with Crippen LogP contribution in [0.25, 0.3) is 0 Å². The highest BCUT2D eigenvalue weighted by atomic mass is 32.1. The Morgan fingerprint density at radius 2 is 2.16 bits per heavy atom. The fourth-order valence-electron chi connectivity index (χ4n) is 3.30. The molecule has 1 amide bonds. The van der Waals surface area contributed by atoms with Crippen LogP contribution in [-0.4, -0.2) is 40.9 Å². The van der Waals surface area contributed by atoms with Gasteiger partial charge in [-0.1, -0.05) is 18.6 Å². The number of nitrogens with zero attached hydrogens (tertiary/aromatic N) is 2. The molecule has 1 saturated heterocycles. The maximum Gasteiger partial charge on any atom is 0.246 e. The number of thiocarbonyl (C=S) groups is 1. The summed E-state index contributed by atoms with van der Waals surface area (Å²) >= 11 is 4.97. The number of nitrogens with two attached hydrogens (primary N) is 1. The molecule has 0 radical (unpaired) electrons. The lowest BCUT2D eigenvalue weighted by molar-refractivity contribution is -0.130. The van der Waals surface area contributed by atoms with Crippen molar-refractivity contribution in [2.45, 2.75) is 51.1 Å². The molecule has 19 heavy (non-hydrogen) atoms. The minimum absolute atomic E-state index is 0.0365. The third-order valence-corrected chi connectivity index (χ3v) is 4.27. The molecule has 2 rings (SSSR count). The van der Waals surface area contributed by atoms with Crippen LogP contribution in [0.15, 0.2) is 4.99 Å². The molecule has 2 fully saturated rings. The third-order valence-electron chi connectivity index (χ3n) is 4.18. The summed E-state index contributed by atoms with van der Waals surface area (Å²) in [6, 6.07) is 0.0359. The van der Waals surface area contributed by atoms with Gasteiger partial charge in [0, 0.05) is 6.04 Å². The Morgan fingerprint density at radius 1 is 1.42 bits per heavy atom. The van der Waals surface area contributed by atoms with Crippen LogP contribution in [0.1, 0.15) is 39.0 Å². The summed E-state index contributed by atoms with van der Waals surface area (Å²) in [6.07, 6.45) is 5.29. The molecule has 1 aliphatic carbocycles. The molecule has 6 heteroatoms. The van der Waals surface area contributed by atoms with E-state index in [1.165, 1.54) is 6.42 Å².